The molecule has 0 heterocycles. The molecule has 0 bridgehead atoms. The van der Waals surface area contributed by atoms with Crippen LogP contribution in [-0.2, 0) is 4.79 Å². The highest BCUT2D eigenvalue weighted by Gasteiger charge is 2.11. The average Bonchev–Trinajstić information content (AvgIpc) is 2.26. The summed E-state index contributed by atoms with van der Waals surface area (Å²) in [7, 11) is 0. The molecule has 3 nitrogen and oxygen atoms in total. The molecule has 4 heteroatoms. The van der Waals surface area contributed by atoms with Crippen LogP contribution in [0.5, 0.6) is 0 Å². The van der Waals surface area contributed by atoms with E-state index in [0.29, 0.717) is 5.56 Å². The average molecular weight is 226 g/mol. The number of benzene rings is 1. The van der Waals surface area contributed by atoms with E-state index in [1.807, 2.05) is 6.07 Å². The van der Waals surface area contributed by atoms with E-state index in [1.54, 1.807) is 31.2 Å². The van der Waals surface area contributed by atoms with Gasteiger partial charge in [0.25, 0.3) is 5.91 Å². The lowest BCUT2D eigenvalue weighted by Gasteiger charge is -2.05. The molecular formula is C11H12ClNO2. The van der Waals surface area contributed by atoms with Crippen molar-refractivity contribution in [1.82, 2.24) is 5.32 Å². The summed E-state index contributed by atoms with van der Waals surface area (Å²) in [4.78, 5) is 22.6. The third kappa shape index (κ3) is 3.72. The van der Waals surface area contributed by atoms with Crippen molar-refractivity contribution in [3.05, 3.63) is 35.9 Å². The molecule has 0 aliphatic rings. The number of hydrogen-bond donors (Lipinski definition) is 1. The first-order chi connectivity index (χ1) is 7.11. The number of hydrogen-bond acceptors (Lipinski definition) is 2. The normalized spacial score (nSPS) is 11.9. The first-order valence-electron chi connectivity index (χ1n) is 4.61. The molecule has 15 heavy (non-hydrogen) atoms. The third-order valence-corrected chi connectivity index (χ3v) is 2.15. The zero-order valence-corrected chi connectivity index (χ0v) is 9.12. The van der Waals surface area contributed by atoms with Crippen LogP contribution in [0.1, 0.15) is 17.3 Å². The molecule has 0 spiro atoms. The van der Waals surface area contributed by atoms with E-state index in [9.17, 15) is 9.59 Å². The van der Waals surface area contributed by atoms with Crippen molar-refractivity contribution in [2.24, 2.45) is 0 Å². The van der Waals surface area contributed by atoms with Gasteiger partial charge in [-0.25, -0.2) is 0 Å². The van der Waals surface area contributed by atoms with Crippen LogP contribution in [0.25, 0.3) is 0 Å². The number of Topliss-reactive ketones (excluding diaryl/α,β-unsaturated/α-hetero) is 1. The van der Waals surface area contributed by atoms with Crippen molar-refractivity contribution in [2.45, 2.75) is 12.3 Å². The lowest BCUT2D eigenvalue weighted by molar-refractivity contribution is -0.117. The fourth-order valence-electron chi connectivity index (χ4n) is 1.000. The molecule has 0 aliphatic carbocycles. The van der Waals surface area contributed by atoms with Gasteiger partial charge in [-0.3, -0.25) is 9.59 Å². The van der Waals surface area contributed by atoms with E-state index in [2.05, 4.69) is 5.32 Å². The molecule has 1 rings (SSSR count). The minimum absolute atomic E-state index is 0.0294. The maximum absolute atomic E-state index is 11.5. The number of carbonyl (C=O) groups is 2. The Morgan fingerprint density at radius 2 is 1.93 bits per heavy atom. The van der Waals surface area contributed by atoms with Crippen LogP contribution >= 0.6 is 11.6 Å². The number of carbonyl (C=O) groups excluding carboxylic acids is 2. The minimum Gasteiger partial charge on any atom is -0.345 e. The number of halogens is 1. The highest BCUT2D eigenvalue weighted by molar-refractivity contribution is 6.31. The molecule has 1 N–H and O–H groups in total. The van der Waals surface area contributed by atoms with Crippen LogP contribution < -0.4 is 5.32 Å². The Bertz CT molecular complexity index is 349. The van der Waals surface area contributed by atoms with Gasteiger partial charge in [-0.1, -0.05) is 18.2 Å². The van der Waals surface area contributed by atoms with Crippen LogP contribution in [0.2, 0.25) is 0 Å². The van der Waals surface area contributed by atoms with Gasteiger partial charge in [-0.15, -0.1) is 11.6 Å². The standard InChI is InChI=1S/C11H12ClNO2/c1-8(12)10(14)7-13-11(15)9-5-3-2-4-6-9/h2-6,8H,7H2,1H3,(H,13,15). The van der Waals surface area contributed by atoms with E-state index in [1.165, 1.54) is 0 Å². The predicted molar refractivity (Wildman–Crippen MR) is 59.1 cm³/mol. The largest absolute Gasteiger partial charge is 0.345 e. The summed E-state index contributed by atoms with van der Waals surface area (Å²) in [6.07, 6.45) is 0. The number of amides is 1. The predicted octanol–water partition coefficient (Wildman–Crippen LogP) is 1.61. The molecule has 1 atom stereocenters. The highest BCUT2D eigenvalue weighted by Crippen LogP contribution is 1.98. The first kappa shape index (κ1) is 11.7. The molecule has 0 aliphatic heterocycles. The number of nitrogens with one attached hydrogen (secondary N) is 1. The van der Waals surface area contributed by atoms with Crippen molar-refractivity contribution >= 4 is 23.3 Å². The monoisotopic (exact) mass is 225 g/mol. The van der Waals surface area contributed by atoms with Gasteiger partial charge in [-0.2, -0.15) is 0 Å². The second kappa shape index (κ2) is 5.51. The van der Waals surface area contributed by atoms with Crippen LogP contribution in [0.4, 0.5) is 0 Å². The molecule has 1 aromatic rings. The van der Waals surface area contributed by atoms with Gasteiger partial charge >= 0.3 is 0 Å². The summed E-state index contributed by atoms with van der Waals surface area (Å²) in [6, 6.07) is 8.72. The Morgan fingerprint density at radius 3 is 2.47 bits per heavy atom. The van der Waals surface area contributed by atoms with E-state index in [0.717, 1.165) is 0 Å². The fraction of sp³-hybridized carbons (Fsp3) is 0.273. The fourth-order valence-corrected chi connectivity index (χ4v) is 1.08. The van der Waals surface area contributed by atoms with Crippen LogP contribution in [0.3, 0.4) is 0 Å². The summed E-state index contributed by atoms with van der Waals surface area (Å²) >= 11 is 5.56. The third-order valence-electron chi connectivity index (χ3n) is 1.90. The molecule has 0 saturated carbocycles. The van der Waals surface area contributed by atoms with Crippen molar-refractivity contribution in [3.63, 3.8) is 0 Å². The van der Waals surface area contributed by atoms with Gasteiger partial charge in [0, 0.05) is 5.56 Å². The Balaban J connectivity index is 2.48. The van der Waals surface area contributed by atoms with Gasteiger partial charge in [0.1, 0.15) is 0 Å². The Kier molecular flexibility index (Phi) is 4.31. The van der Waals surface area contributed by atoms with Crippen molar-refractivity contribution < 1.29 is 9.59 Å². The summed E-state index contributed by atoms with van der Waals surface area (Å²) in [5.41, 5.74) is 0.535. The second-order valence-corrected chi connectivity index (χ2v) is 3.79. The van der Waals surface area contributed by atoms with Gasteiger partial charge in [0.05, 0.1) is 11.9 Å². The molecule has 0 aromatic heterocycles. The van der Waals surface area contributed by atoms with Crippen LogP contribution in [0.15, 0.2) is 30.3 Å². The number of rotatable bonds is 4. The topological polar surface area (TPSA) is 46.2 Å². The van der Waals surface area contributed by atoms with Crippen LogP contribution in [-0.4, -0.2) is 23.6 Å². The summed E-state index contributed by atoms with van der Waals surface area (Å²) < 4.78 is 0. The lowest BCUT2D eigenvalue weighted by Crippen LogP contribution is -2.32. The second-order valence-electron chi connectivity index (χ2n) is 3.13. The SMILES string of the molecule is CC(Cl)C(=O)CNC(=O)c1ccccc1. The molecule has 1 aromatic carbocycles. The van der Waals surface area contributed by atoms with Crippen molar-refractivity contribution in [1.29, 1.82) is 0 Å². The maximum Gasteiger partial charge on any atom is 0.251 e. The smallest absolute Gasteiger partial charge is 0.251 e. The quantitative estimate of drug-likeness (QED) is 0.792. The molecule has 0 fully saturated rings. The van der Waals surface area contributed by atoms with Gasteiger partial charge in [-0.05, 0) is 19.1 Å². The molecule has 80 valence electrons. The molecule has 1 unspecified atom stereocenters. The van der Waals surface area contributed by atoms with Crippen molar-refractivity contribution in [2.75, 3.05) is 6.54 Å². The van der Waals surface area contributed by atoms with E-state index >= 15 is 0 Å². The molecule has 1 amide bonds. The number of ketones is 1. The molecular weight excluding hydrogens is 214 g/mol. The minimum atomic E-state index is -0.568. The van der Waals surface area contributed by atoms with E-state index in [-0.39, 0.29) is 18.2 Å². The Hall–Kier alpha value is -1.35. The first-order valence-corrected chi connectivity index (χ1v) is 5.05. The summed E-state index contributed by atoms with van der Waals surface area (Å²) in [5.74, 6) is -0.456. The van der Waals surface area contributed by atoms with E-state index < -0.39 is 5.38 Å². The Labute approximate surface area is 93.4 Å². The Morgan fingerprint density at radius 1 is 1.33 bits per heavy atom. The van der Waals surface area contributed by atoms with Gasteiger partial charge < -0.3 is 5.32 Å². The van der Waals surface area contributed by atoms with Crippen molar-refractivity contribution in [3.8, 4) is 0 Å². The number of alkyl halides is 1. The molecule has 0 saturated heterocycles. The summed E-state index contributed by atoms with van der Waals surface area (Å²) in [6.45, 7) is 1.55. The van der Waals surface area contributed by atoms with Gasteiger partial charge in [0.15, 0.2) is 5.78 Å². The molecule has 0 radical (unpaired) electrons. The highest BCUT2D eigenvalue weighted by atomic mass is 35.5. The van der Waals surface area contributed by atoms with Gasteiger partial charge in [0.2, 0.25) is 0 Å². The van der Waals surface area contributed by atoms with E-state index in [4.69, 9.17) is 11.6 Å². The zero-order chi connectivity index (χ0) is 11.3. The maximum atomic E-state index is 11.5. The lowest BCUT2D eigenvalue weighted by atomic mass is 10.2. The summed E-state index contributed by atoms with van der Waals surface area (Å²) in [5, 5.41) is 1.94. The zero-order valence-electron chi connectivity index (χ0n) is 8.37. The van der Waals surface area contributed by atoms with Crippen LogP contribution in [0, 0.1) is 0 Å².